The minimum absolute atomic E-state index is 0.210. The van der Waals surface area contributed by atoms with E-state index in [2.05, 4.69) is 359 Å². The van der Waals surface area contributed by atoms with Crippen molar-refractivity contribution in [2.75, 3.05) is 0 Å². The van der Waals surface area contributed by atoms with Crippen LogP contribution in [0.5, 0.6) is 0 Å². The summed E-state index contributed by atoms with van der Waals surface area (Å²) in [6.07, 6.45) is 0. The van der Waals surface area contributed by atoms with Crippen molar-refractivity contribution in [3.8, 4) is 0 Å². The maximum atomic E-state index is 2.38. The average Bonchev–Trinajstić information content (AvgIpc) is 3.23. The topological polar surface area (TPSA) is 0 Å². The van der Waals surface area contributed by atoms with Gasteiger partial charge in [0, 0.05) is 0 Å². The van der Waals surface area contributed by atoms with Gasteiger partial charge in [-0.15, -0.1) is 0 Å². The first-order valence-electron chi connectivity index (χ1n) is 30.3. The molecule has 0 saturated heterocycles. The second-order valence-electron chi connectivity index (χ2n) is 35.8. The van der Waals surface area contributed by atoms with E-state index in [1.54, 1.807) is 0 Å². The van der Waals surface area contributed by atoms with E-state index in [1.807, 2.05) is 0 Å². The van der Waals surface area contributed by atoms with E-state index >= 15 is 0 Å². The Hall–Kier alpha value is -3.90. The normalized spacial score (nSPS) is 13.4. The molecule has 0 amide bonds. The predicted octanol–water partition coefficient (Wildman–Crippen LogP) is 24.3. The maximum Gasteiger partial charge on any atom is -0.0132 e. The lowest BCUT2D eigenvalue weighted by atomic mass is 9.75. The zero-order valence-electron chi connectivity index (χ0n) is 59.3. The van der Waals surface area contributed by atoms with Gasteiger partial charge in [0.15, 0.2) is 0 Å². The fraction of sp³-hybridized carbons (Fsp3) is 0.620. The molecule has 0 heteroatoms. The highest BCUT2D eigenvalue weighted by atomic mass is 14.3. The molecule has 5 aromatic rings. The lowest BCUT2D eigenvalue weighted by molar-refractivity contribution is 0.547. The molecular weight excluding hydrogens is 949 g/mol. The lowest BCUT2D eigenvalue weighted by Gasteiger charge is -2.29. The van der Waals surface area contributed by atoms with Gasteiger partial charge in [-0.25, -0.2) is 0 Å². The van der Waals surface area contributed by atoms with Gasteiger partial charge in [-0.2, -0.15) is 0 Å². The van der Waals surface area contributed by atoms with Crippen LogP contribution in [0.3, 0.4) is 0 Å². The average molecular weight is 1080 g/mol. The molecule has 0 aliphatic heterocycles. The molecule has 0 heterocycles. The number of hydrogen-bond donors (Lipinski definition) is 0. The minimum Gasteiger partial charge on any atom is -0.0617 e. The predicted molar refractivity (Wildman–Crippen MR) is 361 cm³/mol. The van der Waals surface area contributed by atoms with Crippen molar-refractivity contribution in [2.24, 2.45) is 0 Å². The van der Waals surface area contributed by atoms with Gasteiger partial charge in [0.25, 0.3) is 0 Å². The van der Waals surface area contributed by atoms with Crippen LogP contribution in [-0.4, -0.2) is 0 Å². The molecule has 79 heavy (non-hydrogen) atoms. The molecule has 0 unspecified atom stereocenters. The zero-order chi connectivity index (χ0) is 62.5. The summed E-state index contributed by atoms with van der Waals surface area (Å²) in [4.78, 5) is 0. The summed E-state index contributed by atoms with van der Waals surface area (Å²) in [6, 6.07) is 39.2. The molecule has 0 radical (unpaired) electrons. The molecular formula is C79H128. The second kappa shape index (κ2) is 25.7. The quantitative estimate of drug-likeness (QED) is 0.145. The van der Waals surface area contributed by atoms with Gasteiger partial charge in [-0.05, 0) is 139 Å². The summed E-state index contributed by atoms with van der Waals surface area (Å²) < 4.78 is 0. The fourth-order valence-corrected chi connectivity index (χ4v) is 8.42. The van der Waals surface area contributed by atoms with Crippen LogP contribution in [0, 0.1) is 6.92 Å². The van der Waals surface area contributed by atoms with E-state index in [-0.39, 0.29) is 65.0 Å². The van der Waals surface area contributed by atoms with Gasteiger partial charge in [0.1, 0.15) is 0 Å². The summed E-state index contributed by atoms with van der Waals surface area (Å²) in [5.41, 5.74) is 21.3. The summed E-state index contributed by atoms with van der Waals surface area (Å²) in [5, 5.41) is 0. The SMILES string of the molecule is CC(C)(C)c1cc(C(C)(C)C)cc(C(C)(C)C)c1.CC(C)(C)c1cc(C(C)(C)C)cc(C(C)(C)C)c1.CC(C)(C)c1ccc(C(C)(C)C)cc1.CC(C)(C)c1cccc(C(C)(C)C)c1.Cc1cc(C(C)(C)C)cc(C(C)(C)C)c1. The van der Waals surface area contributed by atoms with Crippen molar-refractivity contribution < 1.29 is 0 Å². The van der Waals surface area contributed by atoms with Crippen LogP contribution >= 0.6 is 0 Å². The fourth-order valence-electron chi connectivity index (χ4n) is 8.42. The third-order valence-electron chi connectivity index (χ3n) is 15.1. The Balaban J connectivity index is 0.000000496. The van der Waals surface area contributed by atoms with Crippen LogP contribution in [0.1, 0.15) is 322 Å². The molecule has 0 saturated carbocycles. The molecule has 444 valence electrons. The molecule has 0 fully saturated rings. The molecule has 0 spiro atoms. The van der Waals surface area contributed by atoms with Gasteiger partial charge in [-0.3, -0.25) is 0 Å². The molecule has 0 aromatic heterocycles. The molecule has 5 rings (SSSR count). The smallest absolute Gasteiger partial charge is 0.0132 e. The summed E-state index contributed by atoms with van der Waals surface area (Å²) in [7, 11) is 0. The number of rotatable bonds is 0. The van der Waals surface area contributed by atoms with Crippen molar-refractivity contribution in [3.63, 3.8) is 0 Å². The molecule has 0 nitrogen and oxygen atoms in total. The highest BCUT2D eigenvalue weighted by molar-refractivity contribution is 5.42. The van der Waals surface area contributed by atoms with E-state index in [1.165, 1.54) is 72.3 Å². The van der Waals surface area contributed by atoms with E-state index < -0.39 is 0 Å². The maximum absolute atomic E-state index is 2.38. The van der Waals surface area contributed by atoms with Gasteiger partial charge < -0.3 is 0 Å². The van der Waals surface area contributed by atoms with Gasteiger partial charge in [0.2, 0.25) is 0 Å². The summed E-state index contributed by atoms with van der Waals surface area (Å²) in [6.45, 7) is 84.1. The highest BCUT2D eigenvalue weighted by Crippen LogP contribution is 2.37. The van der Waals surface area contributed by atoms with Crippen LogP contribution in [-0.2, 0) is 65.0 Å². The van der Waals surface area contributed by atoms with Crippen molar-refractivity contribution in [3.05, 3.63) is 175 Å². The van der Waals surface area contributed by atoms with Crippen LogP contribution in [0.2, 0.25) is 0 Å². The monoisotopic (exact) mass is 1080 g/mol. The Labute approximate surface area is 494 Å². The first-order valence-corrected chi connectivity index (χ1v) is 30.3. The van der Waals surface area contributed by atoms with Gasteiger partial charge >= 0.3 is 0 Å². The first-order chi connectivity index (χ1) is 34.7. The van der Waals surface area contributed by atoms with Crippen LogP contribution in [0.25, 0.3) is 0 Å². The van der Waals surface area contributed by atoms with E-state index in [0.29, 0.717) is 0 Å². The second-order valence-corrected chi connectivity index (χ2v) is 35.8. The van der Waals surface area contributed by atoms with Crippen LogP contribution in [0.15, 0.2) is 103 Å². The molecule has 0 N–H and O–H groups in total. The lowest BCUT2D eigenvalue weighted by Crippen LogP contribution is -2.20. The third-order valence-corrected chi connectivity index (χ3v) is 15.1. The van der Waals surface area contributed by atoms with Gasteiger partial charge in [0.05, 0.1) is 0 Å². The van der Waals surface area contributed by atoms with Crippen molar-refractivity contribution in [1.82, 2.24) is 0 Å². The van der Waals surface area contributed by atoms with Gasteiger partial charge in [-0.1, -0.05) is 358 Å². The highest BCUT2D eigenvalue weighted by Gasteiger charge is 2.27. The Morgan fingerprint density at radius 2 is 0.278 bits per heavy atom. The van der Waals surface area contributed by atoms with Crippen molar-refractivity contribution >= 4 is 0 Å². The molecule has 0 atom stereocenters. The Kier molecular flexibility index (Phi) is 23.8. The number of aryl methyl sites for hydroxylation is 1. The molecule has 0 aliphatic rings. The van der Waals surface area contributed by atoms with Crippen molar-refractivity contribution in [2.45, 2.75) is 321 Å². The van der Waals surface area contributed by atoms with Crippen molar-refractivity contribution in [1.29, 1.82) is 0 Å². The Bertz CT molecular complexity index is 2320. The summed E-state index contributed by atoms with van der Waals surface area (Å²) in [5.74, 6) is 0. The Morgan fingerprint density at radius 1 is 0.152 bits per heavy atom. The van der Waals surface area contributed by atoms with Crippen LogP contribution < -0.4 is 0 Å². The molecule has 0 bridgehead atoms. The summed E-state index contributed by atoms with van der Waals surface area (Å²) >= 11 is 0. The van der Waals surface area contributed by atoms with E-state index in [9.17, 15) is 0 Å². The third kappa shape index (κ3) is 25.0. The first kappa shape index (κ1) is 73.1. The largest absolute Gasteiger partial charge is 0.0617 e. The Morgan fingerprint density at radius 3 is 0.418 bits per heavy atom. The van der Waals surface area contributed by atoms with E-state index in [0.717, 1.165) is 0 Å². The molecule has 0 aliphatic carbocycles. The van der Waals surface area contributed by atoms with E-state index in [4.69, 9.17) is 0 Å². The van der Waals surface area contributed by atoms with Crippen LogP contribution in [0.4, 0.5) is 0 Å². The number of hydrogen-bond acceptors (Lipinski definition) is 0. The molecule has 5 aromatic carbocycles. The zero-order valence-corrected chi connectivity index (χ0v) is 59.3. The number of benzene rings is 5. The minimum atomic E-state index is 0.210. The standard InChI is InChI=1S/2C18H30.C15H24.2C14H22/c2*1-16(2,3)13-10-14(17(4,5)6)12-15(11-13)18(7,8)9;1-11-8-12(14(2,3)4)10-13(9-11)15(5,6)7;1-13(2,3)11-7-9-12(10-8-11)14(4,5)6;1-13(2,3)11-8-7-9-12(10-11)14(4,5)6/h2*10-12H,1-9H3;8-10H,1-7H3;2*7-10H,1-6H3.